The molecule has 0 aromatic heterocycles. The molecule has 0 unspecified atom stereocenters. The quantitative estimate of drug-likeness (QED) is 0.143. The van der Waals surface area contributed by atoms with E-state index in [9.17, 15) is 0 Å². The van der Waals surface area contributed by atoms with E-state index in [2.05, 4.69) is 121 Å². The molecular formula is C40H20. The van der Waals surface area contributed by atoms with E-state index < -0.39 is 0 Å². The van der Waals surface area contributed by atoms with Crippen LogP contribution in [0.15, 0.2) is 121 Å². The van der Waals surface area contributed by atoms with Gasteiger partial charge >= 0.3 is 0 Å². The fourth-order valence-electron chi connectivity index (χ4n) is 8.14. The van der Waals surface area contributed by atoms with E-state index >= 15 is 0 Å². The van der Waals surface area contributed by atoms with Crippen molar-refractivity contribution in [1.29, 1.82) is 0 Å². The summed E-state index contributed by atoms with van der Waals surface area (Å²) in [4.78, 5) is 0. The maximum Gasteiger partial charge on any atom is -0.000740 e. The average Bonchev–Trinajstić information content (AvgIpc) is 3.01. The van der Waals surface area contributed by atoms with Gasteiger partial charge in [-0.1, -0.05) is 97.1 Å². The van der Waals surface area contributed by atoms with Gasteiger partial charge in [-0.05, 0) is 132 Å². The van der Waals surface area contributed by atoms with E-state index in [4.69, 9.17) is 0 Å². The minimum Gasteiger partial charge on any atom is -0.0616 e. The predicted molar refractivity (Wildman–Crippen MR) is 175 cm³/mol. The van der Waals surface area contributed by atoms with Crippen LogP contribution in [0.4, 0.5) is 0 Å². The van der Waals surface area contributed by atoms with Crippen molar-refractivity contribution in [2.75, 3.05) is 0 Å². The molecule has 0 heteroatoms. The zero-order valence-corrected chi connectivity index (χ0v) is 21.5. The molecule has 0 saturated carbocycles. The Bertz CT molecular complexity index is 2470. The summed E-state index contributed by atoms with van der Waals surface area (Å²) in [5.41, 5.74) is 0. The molecule has 0 N–H and O–H groups in total. The van der Waals surface area contributed by atoms with Crippen LogP contribution in [-0.4, -0.2) is 0 Å². The van der Waals surface area contributed by atoms with Crippen molar-refractivity contribution >= 4 is 108 Å². The molecule has 0 atom stereocenters. The highest BCUT2D eigenvalue weighted by atomic mass is 14.3. The molecule has 40 heavy (non-hydrogen) atoms. The summed E-state index contributed by atoms with van der Waals surface area (Å²) < 4.78 is 0. The summed E-state index contributed by atoms with van der Waals surface area (Å²) in [6, 6.07) is 46.1. The van der Waals surface area contributed by atoms with Gasteiger partial charge in [-0.3, -0.25) is 0 Å². The van der Waals surface area contributed by atoms with Crippen LogP contribution in [0.1, 0.15) is 0 Å². The predicted octanol–water partition coefficient (Wildman–Crippen LogP) is 11.5. The standard InChI is InChI=1S/C40H20/c1-2-6-24-18-32-28-14-10-22-12-16-30-34-20-26-8-4-3-7-25(26)19-33(34)29-15-11-21-9-13-27(31(32)17-23(24)5-1)37-35(21)39(29)40(30)36(22)38(28)37/h1-20H. The van der Waals surface area contributed by atoms with Gasteiger partial charge in [0.15, 0.2) is 0 Å². The lowest BCUT2D eigenvalue weighted by Crippen LogP contribution is -1.95. The number of benzene rings is 11. The van der Waals surface area contributed by atoms with Crippen molar-refractivity contribution in [1.82, 2.24) is 0 Å². The van der Waals surface area contributed by atoms with Crippen LogP contribution < -0.4 is 0 Å². The first-order valence-electron chi connectivity index (χ1n) is 14.1. The fraction of sp³-hybridized carbons (Fsp3) is 0. The van der Waals surface area contributed by atoms with Gasteiger partial charge in [0.2, 0.25) is 0 Å². The largest absolute Gasteiger partial charge is 0.0616 e. The van der Waals surface area contributed by atoms with Crippen molar-refractivity contribution in [2.24, 2.45) is 0 Å². The van der Waals surface area contributed by atoms with Gasteiger partial charge < -0.3 is 0 Å². The van der Waals surface area contributed by atoms with Crippen LogP contribution in [0.2, 0.25) is 0 Å². The zero-order valence-electron chi connectivity index (χ0n) is 21.5. The first-order valence-corrected chi connectivity index (χ1v) is 14.1. The van der Waals surface area contributed by atoms with E-state index in [1.54, 1.807) is 0 Å². The highest BCUT2D eigenvalue weighted by molar-refractivity contribution is 6.50. The van der Waals surface area contributed by atoms with Crippen LogP contribution in [-0.2, 0) is 0 Å². The van der Waals surface area contributed by atoms with E-state index in [0.717, 1.165) is 0 Å². The molecule has 0 bridgehead atoms. The summed E-state index contributed by atoms with van der Waals surface area (Å²) in [5, 5.41) is 27.2. The van der Waals surface area contributed by atoms with Crippen molar-refractivity contribution in [3.8, 4) is 0 Å². The third-order valence-corrected chi connectivity index (χ3v) is 9.81. The molecule has 0 nitrogen and oxygen atoms in total. The van der Waals surface area contributed by atoms with Gasteiger partial charge in [0.05, 0.1) is 0 Å². The Morgan fingerprint density at radius 1 is 0.200 bits per heavy atom. The lowest BCUT2D eigenvalue weighted by Gasteiger charge is -2.23. The molecule has 0 aliphatic rings. The van der Waals surface area contributed by atoms with E-state index in [-0.39, 0.29) is 0 Å². The third-order valence-electron chi connectivity index (χ3n) is 9.81. The monoisotopic (exact) mass is 500 g/mol. The fourth-order valence-corrected chi connectivity index (χ4v) is 8.14. The van der Waals surface area contributed by atoms with Crippen LogP contribution >= 0.6 is 0 Å². The summed E-state index contributed by atoms with van der Waals surface area (Å²) in [6.07, 6.45) is 0. The molecule has 0 radical (unpaired) electrons. The molecule has 0 heterocycles. The smallest absolute Gasteiger partial charge is 0.000740 e. The normalized spacial score (nSPS) is 13.0. The molecular weight excluding hydrogens is 480 g/mol. The van der Waals surface area contributed by atoms with Crippen LogP contribution in [0.25, 0.3) is 108 Å². The first-order chi connectivity index (χ1) is 19.8. The summed E-state index contributed by atoms with van der Waals surface area (Å²) >= 11 is 0. The van der Waals surface area contributed by atoms with Gasteiger partial charge in [0.25, 0.3) is 0 Å². The van der Waals surface area contributed by atoms with Crippen LogP contribution in [0.5, 0.6) is 0 Å². The Morgan fingerprint density at radius 2 is 0.475 bits per heavy atom. The summed E-state index contributed by atoms with van der Waals surface area (Å²) in [7, 11) is 0. The Morgan fingerprint density at radius 3 is 0.750 bits per heavy atom. The second-order valence-electron chi connectivity index (χ2n) is 11.6. The highest BCUT2D eigenvalue weighted by Gasteiger charge is 2.24. The Kier molecular flexibility index (Phi) is 3.22. The number of rotatable bonds is 0. The Balaban J connectivity index is 1.54. The van der Waals surface area contributed by atoms with Crippen LogP contribution in [0.3, 0.4) is 0 Å². The van der Waals surface area contributed by atoms with Gasteiger partial charge in [-0.15, -0.1) is 0 Å². The van der Waals surface area contributed by atoms with Gasteiger partial charge in [-0.25, -0.2) is 0 Å². The molecule has 11 rings (SSSR count). The minimum absolute atomic E-state index is 1.30. The van der Waals surface area contributed by atoms with Crippen molar-refractivity contribution < 1.29 is 0 Å². The second kappa shape index (κ2) is 6.50. The average molecular weight is 501 g/mol. The van der Waals surface area contributed by atoms with E-state index in [1.165, 1.54) is 108 Å². The molecule has 180 valence electrons. The van der Waals surface area contributed by atoms with Crippen molar-refractivity contribution in [3.05, 3.63) is 121 Å². The highest BCUT2D eigenvalue weighted by Crippen LogP contribution is 2.52. The van der Waals surface area contributed by atoms with E-state index in [0.29, 0.717) is 0 Å². The molecule has 0 amide bonds. The molecule has 11 aromatic carbocycles. The van der Waals surface area contributed by atoms with Gasteiger partial charge in [-0.2, -0.15) is 0 Å². The number of fused-ring (bicyclic) bond motifs is 8. The molecule has 0 aliphatic heterocycles. The lowest BCUT2D eigenvalue weighted by atomic mass is 9.79. The van der Waals surface area contributed by atoms with Gasteiger partial charge in [0.1, 0.15) is 0 Å². The molecule has 0 aliphatic carbocycles. The maximum atomic E-state index is 2.41. The topological polar surface area (TPSA) is 0 Å². The SMILES string of the molecule is c1ccc2cc3c(cc2c1)c1ccc2ccc4c5cc6ccccc6cc5c5ccc6ccc3c3c6c5c4c2c13. The molecule has 0 fully saturated rings. The maximum absolute atomic E-state index is 2.41. The minimum atomic E-state index is 1.30. The molecule has 0 spiro atoms. The van der Waals surface area contributed by atoms with Crippen molar-refractivity contribution in [3.63, 3.8) is 0 Å². The lowest BCUT2D eigenvalue weighted by molar-refractivity contribution is 1.79. The number of hydrogen-bond acceptors (Lipinski definition) is 0. The Hall–Kier alpha value is -5.20. The molecule has 11 aromatic rings. The van der Waals surface area contributed by atoms with E-state index in [1.807, 2.05) is 0 Å². The molecule has 0 saturated heterocycles. The summed E-state index contributed by atoms with van der Waals surface area (Å²) in [6.45, 7) is 0. The third kappa shape index (κ3) is 2.13. The summed E-state index contributed by atoms with van der Waals surface area (Å²) in [5.74, 6) is 0. The van der Waals surface area contributed by atoms with Crippen LogP contribution in [0, 0.1) is 0 Å². The van der Waals surface area contributed by atoms with Gasteiger partial charge in [0, 0.05) is 0 Å². The number of hydrogen-bond donors (Lipinski definition) is 0. The Labute approximate surface area is 228 Å². The first kappa shape index (κ1) is 19.8. The second-order valence-corrected chi connectivity index (χ2v) is 11.6. The zero-order chi connectivity index (χ0) is 25.7. The van der Waals surface area contributed by atoms with Crippen molar-refractivity contribution in [2.45, 2.75) is 0 Å².